The van der Waals surface area contributed by atoms with E-state index >= 15 is 0 Å². The van der Waals surface area contributed by atoms with Crippen LogP contribution in [0.5, 0.6) is 0 Å². The number of nitrogens with zero attached hydrogens (tertiary/aromatic N) is 1. The first-order valence-corrected chi connectivity index (χ1v) is 8.97. The molecule has 130 valence electrons. The van der Waals surface area contributed by atoms with Crippen molar-refractivity contribution < 1.29 is 14.6 Å². The number of carbonyl (C=O) groups is 1. The van der Waals surface area contributed by atoms with Crippen LogP contribution in [0.15, 0.2) is 12.1 Å². The van der Waals surface area contributed by atoms with Gasteiger partial charge in [0.1, 0.15) is 6.61 Å². The molecule has 1 saturated carbocycles. The Hall–Kier alpha value is -1.43. The fourth-order valence-electron chi connectivity index (χ4n) is 4.53. The number of hydrogen-bond donors (Lipinski definition) is 2. The normalized spacial score (nSPS) is 26.8. The fourth-order valence-corrected chi connectivity index (χ4v) is 4.53. The molecule has 4 rings (SSSR count). The van der Waals surface area contributed by atoms with E-state index in [9.17, 15) is 9.90 Å². The van der Waals surface area contributed by atoms with Crippen LogP contribution in [0.25, 0.3) is 0 Å². The number of ether oxygens (including phenoxy) is 1. The van der Waals surface area contributed by atoms with Crippen LogP contribution in [-0.4, -0.2) is 41.1 Å². The van der Waals surface area contributed by atoms with E-state index in [0.717, 1.165) is 49.0 Å². The molecule has 0 amide bonds. The van der Waals surface area contributed by atoms with Crippen molar-refractivity contribution in [1.82, 2.24) is 4.90 Å². The molecule has 0 aromatic heterocycles. The van der Waals surface area contributed by atoms with Crippen LogP contribution in [0.1, 0.15) is 58.8 Å². The quantitative estimate of drug-likeness (QED) is 0.825. The van der Waals surface area contributed by atoms with Gasteiger partial charge in [-0.2, -0.15) is 0 Å². The molecule has 1 aliphatic carbocycles. The van der Waals surface area contributed by atoms with E-state index in [1.807, 2.05) is 13.0 Å². The number of aliphatic hydroxyl groups is 1. The first-order chi connectivity index (χ1) is 11.5. The molecule has 2 aliphatic heterocycles. The van der Waals surface area contributed by atoms with E-state index < -0.39 is 6.10 Å². The molecule has 0 spiro atoms. The highest BCUT2D eigenvalue weighted by molar-refractivity contribution is 5.93. The smallest absolute Gasteiger partial charge is 0.338 e. The molecular weight excluding hydrogens is 304 g/mol. The molecule has 5 nitrogen and oxygen atoms in total. The third-order valence-corrected chi connectivity index (χ3v) is 6.37. The van der Waals surface area contributed by atoms with Gasteiger partial charge < -0.3 is 20.5 Å². The Balaban J connectivity index is 1.44. The minimum Gasteiger partial charge on any atom is -0.457 e. The lowest BCUT2D eigenvalue weighted by molar-refractivity contribution is 0.0535. The number of benzene rings is 1. The summed E-state index contributed by atoms with van der Waals surface area (Å²) in [6, 6.07) is 3.65. The number of esters is 1. The lowest BCUT2D eigenvalue weighted by Gasteiger charge is -2.43. The van der Waals surface area contributed by atoms with Crippen LogP contribution in [-0.2, 0) is 11.3 Å². The lowest BCUT2D eigenvalue weighted by atomic mass is 9.68. The van der Waals surface area contributed by atoms with Gasteiger partial charge in [-0.1, -0.05) is 6.07 Å². The summed E-state index contributed by atoms with van der Waals surface area (Å²) >= 11 is 0. The fraction of sp³-hybridized carbons (Fsp3) is 0.632. The number of fused-ring (bicyclic) bond motifs is 1. The van der Waals surface area contributed by atoms with Gasteiger partial charge in [-0.15, -0.1) is 0 Å². The van der Waals surface area contributed by atoms with Gasteiger partial charge in [-0.3, -0.25) is 0 Å². The summed E-state index contributed by atoms with van der Waals surface area (Å²) < 4.78 is 5.10. The maximum atomic E-state index is 11.6. The van der Waals surface area contributed by atoms with Crippen LogP contribution >= 0.6 is 0 Å². The SMILES string of the molecule is Cc1c([C@H](O)CN2CCC(C3(N)CCC3)C2)ccc2c1COC2=O. The van der Waals surface area contributed by atoms with Gasteiger partial charge in [0.05, 0.1) is 11.7 Å². The van der Waals surface area contributed by atoms with Crippen molar-refractivity contribution in [2.45, 2.75) is 50.9 Å². The molecule has 1 aromatic carbocycles. The van der Waals surface area contributed by atoms with Crippen molar-refractivity contribution in [3.8, 4) is 0 Å². The van der Waals surface area contributed by atoms with Gasteiger partial charge in [-0.05, 0) is 62.3 Å². The van der Waals surface area contributed by atoms with Gasteiger partial charge in [0.2, 0.25) is 0 Å². The summed E-state index contributed by atoms with van der Waals surface area (Å²) in [5.41, 5.74) is 9.97. The largest absolute Gasteiger partial charge is 0.457 e. The van der Waals surface area contributed by atoms with E-state index in [2.05, 4.69) is 4.90 Å². The highest BCUT2D eigenvalue weighted by Crippen LogP contribution is 2.40. The molecule has 3 aliphatic rings. The van der Waals surface area contributed by atoms with Gasteiger partial charge in [-0.25, -0.2) is 4.79 Å². The van der Waals surface area contributed by atoms with Crippen molar-refractivity contribution in [2.75, 3.05) is 19.6 Å². The Morgan fingerprint density at radius 1 is 1.46 bits per heavy atom. The molecule has 1 unspecified atom stereocenters. The van der Waals surface area contributed by atoms with Crippen molar-refractivity contribution in [3.63, 3.8) is 0 Å². The molecule has 5 heteroatoms. The lowest BCUT2D eigenvalue weighted by Crippen LogP contribution is -2.53. The standard InChI is InChI=1S/C19H26N2O3/c1-12-14(3-4-15-16(12)11-24-18(15)23)17(22)10-21-8-5-13(9-21)19(20)6-2-7-19/h3-4,13,17,22H,2,5-11,20H2,1H3/t13?,17-/m1/s1. The average Bonchev–Trinajstić information content (AvgIpc) is 3.13. The zero-order valence-corrected chi connectivity index (χ0v) is 14.3. The number of hydrogen-bond acceptors (Lipinski definition) is 5. The second-order valence-corrected chi connectivity index (χ2v) is 7.73. The van der Waals surface area contributed by atoms with E-state index in [-0.39, 0.29) is 11.5 Å². The van der Waals surface area contributed by atoms with Crippen LogP contribution in [0.2, 0.25) is 0 Å². The number of nitrogens with two attached hydrogens (primary N) is 1. The van der Waals surface area contributed by atoms with Crippen LogP contribution in [0, 0.1) is 12.8 Å². The molecule has 1 aromatic rings. The summed E-state index contributed by atoms with van der Waals surface area (Å²) in [6.45, 7) is 4.91. The van der Waals surface area contributed by atoms with Crippen molar-refractivity contribution in [1.29, 1.82) is 0 Å². The molecule has 2 heterocycles. The average molecular weight is 330 g/mol. The maximum Gasteiger partial charge on any atom is 0.338 e. The number of cyclic esters (lactones) is 1. The maximum absolute atomic E-state index is 11.6. The number of carbonyl (C=O) groups excluding carboxylic acids is 1. The van der Waals surface area contributed by atoms with E-state index in [4.69, 9.17) is 10.5 Å². The second-order valence-electron chi connectivity index (χ2n) is 7.73. The molecule has 2 fully saturated rings. The molecule has 1 saturated heterocycles. The van der Waals surface area contributed by atoms with Gasteiger partial charge >= 0.3 is 5.97 Å². The molecular formula is C19H26N2O3. The third-order valence-electron chi connectivity index (χ3n) is 6.37. The summed E-state index contributed by atoms with van der Waals surface area (Å²) in [7, 11) is 0. The summed E-state index contributed by atoms with van der Waals surface area (Å²) in [5, 5.41) is 10.7. The zero-order chi connectivity index (χ0) is 16.9. The predicted molar refractivity (Wildman–Crippen MR) is 90.6 cm³/mol. The molecule has 24 heavy (non-hydrogen) atoms. The Morgan fingerprint density at radius 2 is 2.25 bits per heavy atom. The number of β-amino-alcohol motifs (C(OH)–C–C–N with tert-alkyl or cyclic N) is 1. The number of likely N-dealkylation sites (tertiary alicyclic amines) is 1. The van der Waals surface area contributed by atoms with Crippen molar-refractivity contribution >= 4 is 5.97 Å². The third kappa shape index (κ3) is 2.55. The highest BCUT2D eigenvalue weighted by Gasteiger charge is 2.43. The first kappa shape index (κ1) is 16.1. The Bertz CT molecular complexity index is 669. The van der Waals surface area contributed by atoms with Crippen molar-refractivity contribution in [2.24, 2.45) is 11.7 Å². The molecule has 0 radical (unpaired) electrons. The highest BCUT2D eigenvalue weighted by atomic mass is 16.5. The van der Waals surface area contributed by atoms with Crippen LogP contribution < -0.4 is 5.73 Å². The Labute approximate surface area is 142 Å². The first-order valence-electron chi connectivity index (χ1n) is 8.97. The van der Waals surface area contributed by atoms with Crippen molar-refractivity contribution in [3.05, 3.63) is 34.4 Å². The van der Waals surface area contributed by atoms with Gasteiger partial charge in [0.25, 0.3) is 0 Å². The summed E-state index contributed by atoms with van der Waals surface area (Å²) in [4.78, 5) is 14.0. The number of rotatable bonds is 4. The van der Waals surface area contributed by atoms with Gasteiger partial charge in [0.15, 0.2) is 0 Å². The van der Waals surface area contributed by atoms with Crippen LogP contribution in [0.3, 0.4) is 0 Å². The zero-order valence-electron chi connectivity index (χ0n) is 14.3. The van der Waals surface area contributed by atoms with Crippen LogP contribution in [0.4, 0.5) is 0 Å². The Kier molecular flexibility index (Phi) is 3.90. The topological polar surface area (TPSA) is 75.8 Å². The van der Waals surface area contributed by atoms with E-state index in [1.165, 1.54) is 6.42 Å². The summed E-state index contributed by atoms with van der Waals surface area (Å²) in [5.74, 6) is 0.302. The second kappa shape index (κ2) is 5.83. The Morgan fingerprint density at radius 3 is 2.96 bits per heavy atom. The molecule has 3 N–H and O–H groups in total. The molecule has 0 bridgehead atoms. The monoisotopic (exact) mass is 330 g/mol. The molecule has 2 atom stereocenters. The minimum atomic E-state index is -0.542. The minimum absolute atomic E-state index is 0.0425. The van der Waals surface area contributed by atoms with Gasteiger partial charge in [0, 0.05) is 24.2 Å². The number of aliphatic hydroxyl groups excluding tert-OH is 1. The van der Waals surface area contributed by atoms with E-state index in [1.54, 1.807) is 6.07 Å². The summed E-state index contributed by atoms with van der Waals surface area (Å²) in [6.07, 6.45) is 4.14. The van der Waals surface area contributed by atoms with E-state index in [0.29, 0.717) is 24.6 Å². The predicted octanol–water partition coefficient (Wildman–Crippen LogP) is 1.90.